The van der Waals surface area contributed by atoms with Crippen LogP contribution in [-0.2, 0) is 0 Å². The van der Waals surface area contributed by atoms with Gasteiger partial charge in [-0.3, -0.25) is 0 Å². The molecule has 6 N–H and O–H groups in total. The van der Waals surface area contributed by atoms with E-state index in [4.69, 9.17) is 48.9 Å². The van der Waals surface area contributed by atoms with E-state index in [-0.39, 0.29) is 64.5 Å². The zero-order chi connectivity index (χ0) is 38.2. The van der Waals surface area contributed by atoms with Gasteiger partial charge in [0.25, 0.3) is 0 Å². The first-order chi connectivity index (χ1) is 27.6. The van der Waals surface area contributed by atoms with Crippen LogP contribution in [0, 0.1) is 0 Å². The van der Waals surface area contributed by atoms with Gasteiger partial charge in [-0.05, 0) is 24.3 Å². The van der Waals surface area contributed by atoms with E-state index < -0.39 is 0 Å². The minimum atomic E-state index is -0.199. The fraction of sp³-hybridized carbons (Fsp3) is 0.200. The monoisotopic (exact) mass is 754 g/mol. The van der Waals surface area contributed by atoms with Crippen molar-refractivity contribution in [2.45, 2.75) is 0 Å². The van der Waals surface area contributed by atoms with Gasteiger partial charge < -0.3 is 49.3 Å². The number of ether oxygens (including phenoxy) is 4. The molecule has 282 valence electrons. The molecule has 0 unspecified atom stereocenters. The molecule has 0 radical (unpaired) electrons. The first-order valence-corrected chi connectivity index (χ1v) is 17.9. The molecule has 16 heteroatoms. The number of hydrogen-bond donors (Lipinski definition) is 6. The third-order valence-electron chi connectivity index (χ3n) is 9.18. The Kier molecular flexibility index (Phi) is 9.28. The first-order valence-electron chi connectivity index (χ1n) is 17.9. The van der Waals surface area contributed by atoms with Crippen molar-refractivity contribution in [3.63, 3.8) is 0 Å². The lowest BCUT2D eigenvalue weighted by atomic mass is 10.1. The van der Waals surface area contributed by atoms with Crippen molar-refractivity contribution >= 4 is 44.1 Å². The van der Waals surface area contributed by atoms with Crippen LogP contribution in [0.25, 0.3) is 89.7 Å². The van der Waals surface area contributed by atoms with Gasteiger partial charge >= 0.3 is 0 Å². The molecule has 3 aromatic heterocycles. The summed E-state index contributed by atoms with van der Waals surface area (Å²) in [5, 5.41) is 41.1. The van der Waals surface area contributed by atoms with Crippen LogP contribution in [0.5, 0.6) is 23.0 Å². The topological polar surface area (TPSA) is 227 Å². The van der Waals surface area contributed by atoms with Gasteiger partial charge in [-0.2, -0.15) is 0 Å². The normalized spacial score (nSPS) is 11.8. The van der Waals surface area contributed by atoms with Gasteiger partial charge in [-0.1, -0.05) is 48.5 Å². The molecule has 0 saturated carbocycles. The number of aromatic amines is 2. The summed E-state index contributed by atoms with van der Waals surface area (Å²) in [5.74, 6) is 3.05. The van der Waals surface area contributed by atoms with Crippen LogP contribution in [0.1, 0.15) is 0 Å². The van der Waals surface area contributed by atoms with Gasteiger partial charge in [0, 0.05) is 21.9 Å². The third-order valence-corrected chi connectivity index (χ3v) is 9.18. The SMILES string of the molecule is OCCOc1cccc2c1-c1nc-2nc2[nH]c(nc3nc(nc4[nH]c(n1)c1cccc(OCCO)c41)-c1cccc(OCCO)c1-3)c1cccc(OCCO)c21. The highest BCUT2D eigenvalue weighted by Gasteiger charge is 2.27. The van der Waals surface area contributed by atoms with Gasteiger partial charge in [-0.15, -0.1) is 0 Å². The maximum atomic E-state index is 9.65. The maximum absolute atomic E-state index is 9.65. The second-order valence-corrected chi connectivity index (χ2v) is 12.6. The summed E-state index contributed by atoms with van der Waals surface area (Å²) < 4.78 is 24.0. The summed E-state index contributed by atoms with van der Waals surface area (Å²) in [6, 6.07) is 21.9. The number of nitrogens with zero attached hydrogens (tertiary/aromatic N) is 6. The standard InChI is InChI=1S/C40H34N8O8/c49-13-17-53-25-9-1-5-21-29(25)37-41-33(21)45-38-30-22(6-2-10-26(30)54-18-14-50)35(42-38)47-40-32-24(8-4-12-28(32)56-20-16-52)36(44-40)48-39-31-23(34(43-39)46-37)7-3-11-27(31)55-19-15-51/h1-12,49-52H,13-20H2,(H2,41,42,43,44,45,46,47,48). The molecule has 0 spiro atoms. The van der Waals surface area contributed by atoms with Gasteiger partial charge in [0.15, 0.2) is 23.3 Å². The average Bonchev–Trinajstić information content (AvgIpc) is 3.96. The van der Waals surface area contributed by atoms with Crippen molar-refractivity contribution in [3.05, 3.63) is 72.8 Å². The van der Waals surface area contributed by atoms with Crippen molar-refractivity contribution in [2.24, 2.45) is 0 Å². The molecule has 0 fully saturated rings. The summed E-state index contributed by atoms with van der Waals surface area (Å²) in [6.45, 7) is -0.606. The molecule has 5 heterocycles. The van der Waals surface area contributed by atoms with Crippen molar-refractivity contribution < 1.29 is 39.4 Å². The van der Waals surface area contributed by atoms with Crippen molar-refractivity contribution in [2.75, 3.05) is 52.9 Å². The highest BCUT2D eigenvalue weighted by Crippen LogP contribution is 2.44. The largest absolute Gasteiger partial charge is 0.490 e. The zero-order valence-electron chi connectivity index (χ0n) is 29.7. The number of nitrogens with one attached hydrogen (secondary N) is 2. The first kappa shape index (κ1) is 35.0. The van der Waals surface area contributed by atoms with Gasteiger partial charge in [0.2, 0.25) is 0 Å². The van der Waals surface area contributed by atoms with E-state index in [1.165, 1.54) is 0 Å². The van der Waals surface area contributed by atoms with Crippen molar-refractivity contribution in [3.8, 4) is 68.5 Å². The highest BCUT2D eigenvalue weighted by atomic mass is 16.5. The summed E-state index contributed by atoms with van der Waals surface area (Å²) in [7, 11) is 0. The molecule has 9 rings (SSSR count). The van der Waals surface area contributed by atoms with Crippen LogP contribution in [-0.4, -0.2) is 113 Å². The fourth-order valence-corrected chi connectivity index (χ4v) is 6.96. The van der Waals surface area contributed by atoms with E-state index >= 15 is 0 Å². The molecule has 8 bridgehead atoms. The van der Waals surface area contributed by atoms with Gasteiger partial charge in [0.05, 0.1) is 48.3 Å². The molecule has 0 amide bonds. The number of aliphatic hydroxyl groups excluding tert-OH is 4. The lowest BCUT2D eigenvalue weighted by Crippen LogP contribution is -2.02. The zero-order valence-corrected chi connectivity index (χ0v) is 29.7. The van der Waals surface area contributed by atoms with Gasteiger partial charge in [-0.25, -0.2) is 29.9 Å². The van der Waals surface area contributed by atoms with E-state index in [0.29, 0.717) is 101 Å². The average molecular weight is 755 g/mol. The van der Waals surface area contributed by atoms with E-state index in [1.807, 2.05) is 48.5 Å². The minimum absolute atomic E-state index is 0.0447. The summed E-state index contributed by atoms with van der Waals surface area (Å²) in [6.07, 6.45) is 0. The molecular formula is C40H34N8O8. The summed E-state index contributed by atoms with van der Waals surface area (Å²) in [5.41, 5.74) is 3.96. The number of aliphatic hydroxyl groups is 4. The van der Waals surface area contributed by atoms with Crippen LogP contribution in [0.4, 0.5) is 0 Å². The number of benzene rings is 4. The highest BCUT2D eigenvalue weighted by molar-refractivity contribution is 6.10. The van der Waals surface area contributed by atoms with E-state index in [0.717, 1.165) is 0 Å². The Labute approximate surface area is 317 Å². The lowest BCUT2D eigenvalue weighted by Gasteiger charge is -2.09. The second-order valence-electron chi connectivity index (χ2n) is 12.6. The summed E-state index contributed by atoms with van der Waals surface area (Å²) in [4.78, 5) is 36.9. The van der Waals surface area contributed by atoms with Crippen LogP contribution in [0.3, 0.4) is 0 Å². The predicted octanol–water partition coefficient (Wildman–Crippen LogP) is 4.35. The molecule has 0 atom stereocenters. The van der Waals surface area contributed by atoms with Crippen molar-refractivity contribution in [1.29, 1.82) is 0 Å². The molecule has 7 aromatic rings. The molecule has 16 nitrogen and oxygen atoms in total. The third kappa shape index (κ3) is 6.06. The molecular weight excluding hydrogens is 720 g/mol. The van der Waals surface area contributed by atoms with Crippen LogP contribution >= 0.6 is 0 Å². The Morgan fingerprint density at radius 1 is 0.393 bits per heavy atom. The number of hydrogen-bond acceptors (Lipinski definition) is 14. The van der Waals surface area contributed by atoms with Gasteiger partial charge in [0.1, 0.15) is 72.0 Å². The second kappa shape index (κ2) is 14.8. The number of H-pyrrole nitrogens is 2. The van der Waals surface area contributed by atoms with E-state index in [9.17, 15) is 20.4 Å². The quantitative estimate of drug-likeness (QED) is 0.102. The smallest absolute Gasteiger partial charge is 0.168 e. The summed E-state index contributed by atoms with van der Waals surface area (Å²) >= 11 is 0. The number of aromatic nitrogens is 8. The van der Waals surface area contributed by atoms with E-state index in [2.05, 4.69) is 9.97 Å². The minimum Gasteiger partial charge on any atom is -0.490 e. The molecule has 4 aromatic carbocycles. The Hall–Kier alpha value is -6.72. The fourth-order valence-electron chi connectivity index (χ4n) is 6.96. The Morgan fingerprint density at radius 3 is 1.16 bits per heavy atom. The predicted molar refractivity (Wildman–Crippen MR) is 206 cm³/mol. The van der Waals surface area contributed by atoms with E-state index in [1.54, 1.807) is 24.3 Å². The van der Waals surface area contributed by atoms with Crippen LogP contribution < -0.4 is 18.9 Å². The molecule has 2 aliphatic rings. The Balaban J connectivity index is 1.46. The number of rotatable bonds is 12. The Bertz CT molecular complexity index is 2610. The lowest BCUT2D eigenvalue weighted by molar-refractivity contribution is 0.202. The van der Waals surface area contributed by atoms with Crippen LogP contribution in [0.2, 0.25) is 0 Å². The molecule has 0 aliphatic carbocycles. The molecule has 0 saturated heterocycles. The number of fused-ring (bicyclic) bond motifs is 20. The molecule has 2 aliphatic heterocycles. The molecule has 56 heavy (non-hydrogen) atoms. The van der Waals surface area contributed by atoms with Crippen LogP contribution in [0.15, 0.2) is 72.8 Å². The Morgan fingerprint density at radius 2 is 0.750 bits per heavy atom. The maximum Gasteiger partial charge on any atom is 0.168 e. The van der Waals surface area contributed by atoms with Crippen molar-refractivity contribution in [1.82, 2.24) is 39.9 Å².